The maximum Gasteiger partial charge on any atom is 0.331 e. The molecule has 0 fully saturated rings. The molecule has 0 amide bonds. The molecule has 0 aromatic carbocycles. The fraction of sp³-hybridized carbons (Fsp3) is 0.640. The Morgan fingerprint density at radius 1 is 0.742 bits per heavy atom. The van der Waals surface area contributed by atoms with E-state index in [0.717, 1.165) is 18.3 Å². The van der Waals surface area contributed by atoms with E-state index in [1.165, 1.54) is 22.3 Å². The van der Waals surface area contributed by atoms with E-state index in [0.29, 0.717) is 12.0 Å². The van der Waals surface area contributed by atoms with Crippen LogP contribution in [0.5, 0.6) is 0 Å². The quantitative estimate of drug-likeness (QED) is 0.148. The zero-order valence-corrected chi connectivity index (χ0v) is 21.5. The second-order valence-electron chi connectivity index (χ2n) is 6.34. The third-order valence-electron chi connectivity index (χ3n) is 3.65. The smallest absolute Gasteiger partial charge is 0.331 e. The fourth-order valence-electron chi connectivity index (χ4n) is 0.961. The van der Waals surface area contributed by atoms with Gasteiger partial charge in [0.2, 0.25) is 0 Å². The third-order valence-corrected chi connectivity index (χ3v) is 3.65. The number of rotatable bonds is 5. The van der Waals surface area contributed by atoms with E-state index < -0.39 is 5.97 Å². The van der Waals surface area contributed by atoms with Gasteiger partial charge in [-0.25, -0.2) is 11.9 Å². The van der Waals surface area contributed by atoms with Gasteiger partial charge in [0.1, 0.15) is 6.29 Å². The molecule has 0 aliphatic rings. The summed E-state index contributed by atoms with van der Waals surface area (Å²) in [5, 5.41) is 23.5. The summed E-state index contributed by atoms with van der Waals surface area (Å²) in [6.07, 6.45) is 2.34. The van der Waals surface area contributed by atoms with Crippen molar-refractivity contribution in [1.29, 1.82) is 0 Å². The van der Waals surface area contributed by atoms with Gasteiger partial charge in [-0.2, -0.15) is 0 Å². The number of carboxylic acids is 1. The van der Waals surface area contributed by atoms with Crippen molar-refractivity contribution in [1.82, 2.24) is 0 Å². The van der Waals surface area contributed by atoms with Crippen molar-refractivity contribution < 1.29 is 57.6 Å². The largest absolute Gasteiger partial charge is 0.569 e. The van der Waals surface area contributed by atoms with Crippen LogP contribution < -0.4 is 0 Å². The fourth-order valence-corrected chi connectivity index (χ4v) is 0.961. The van der Waals surface area contributed by atoms with Crippen molar-refractivity contribution in [2.45, 2.75) is 105 Å². The minimum Gasteiger partial charge on any atom is -0.569 e. The molecular weight excluding hydrogens is 469 g/mol. The molecule has 189 valence electrons. The maximum absolute atomic E-state index is 10.1. The van der Waals surface area contributed by atoms with Crippen molar-refractivity contribution in [2.75, 3.05) is 6.61 Å². The van der Waals surface area contributed by atoms with Crippen molar-refractivity contribution in [2.24, 2.45) is 0 Å². The second-order valence-corrected chi connectivity index (χ2v) is 6.34. The summed E-state index contributed by atoms with van der Waals surface area (Å²) in [5.41, 5.74) is 6.34. The topological polar surface area (TPSA) is 94.8 Å². The van der Waals surface area contributed by atoms with Crippen LogP contribution in [0.3, 0.4) is 0 Å². The average Bonchev–Trinajstić information content (AvgIpc) is 2.57. The van der Waals surface area contributed by atoms with Crippen molar-refractivity contribution >= 4 is 12.3 Å². The first kappa shape index (κ1) is 57.4. The molecule has 0 saturated heterocycles. The number of carbonyl (C=O) groups is 2. The Morgan fingerprint density at radius 2 is 1.06 bits per heavy atom. The SMILES string of the molecule is C.C.C.C.CC(C)=C(C)C(=O)O.CC(C)=C(C)CC=O.CC(C)=C(C)CCO.[CH2-]O.[Y]. The number of aliphatic hydroxyl groups is 2. The first-order chi connectivity index (χ1) is 11.9. The maximum atomic E-state index is 10.1. The van der Waals surface area contributed by atoms with Crippen LogP contribution in [0.25, 0.3) is 0 Å². The average molecular weight is 525 g/mol. The molecule has 0 rings (SSSR count). The van der Waals surface area contributed by atoms with Crippen LogP contribution >= 0.6 is 0 Å². The van der Waals surface area contributed by atoms with E-state index in [2.05, 4.69) is 21.0 Å². The van der Waals surface area contributed by atoms with Crippen molar-refractivity contribution in [3.63, 3.8) is 0 Å². The molecule has 0 aromatic heterocycles. The van der Waals surface area contributed by atoms with Crippen molar-refractivity contribution in [3.05, 3.63) is 40.5 Å². The summed E-state index contributed by atoms with van der Waals surface area (Å²) < 4.78 is 0. The summed E-state index contributed by atoms with van der Waals surface area (Å²) in [6.45, 7) is 17.6. The molecule has 0 spiro atoms. The van der Waals surface area contributed by atoms with Gasteiger partial charge in [-0.05, 0) is 68.7 Å². The van der Waals surface area contributed by atoms with Gasteiger partial charge in [0, 0.05) is 51.3 Å². The number of hydrogen-bond donors (Lipinski definition) is 3. The summed E-state index contributed by atoms with van der Waals surface area (Å²) in [7, 11) is 2.25. The first-order valence-corrected chi connectivity index (χ1v) is 8.41. The van der Waals surface area contributed by atoms with Gasteiger partial charge in [0.15, 0.2) is 0 Å². The van der Waals surface area contributed by atoms with Crippen LogP contribution in [-0.4, -0.2) is 34.2 Å². The molecule has 0 aliphatic heterocycles. The molecule has 0 aromatic rings. The number of aliphatic hydroxyl groups excluding tert-OH is 2. The standard InChI is InChI=1S/C7H14O.C7H12O.C6H10O2.CH3O.4CH4.Y/c2*1-6(2)7(3)4-5-8;1-4(2)5(3)6(7)8;1-2;;;;;/h8H,4-5H2,1-3H3;5H,4H2,1-3H3;1-3H3,(H,7,8);2H,1H2;4*1H4;/q;;;-1;;;;;. The molecular formula is C25H55O5Y-. The van der Waals surface area contributed by atoms with Crippen LogP contribution in [-0.2, 0) is 42.3 Å². The van der Waals surface area contributed by atoms with Gasteiger partial charge in [0.25, 0.3) is 0 Å². The number of carbonyl (C=O) groups excluding carboxylic acids is 1. The molecule has 0 bridgehead atoms. The van der Waals surface area contributed by atoms with E-state index in [1.54, 1.807) is 20.8 Å². The minimum atomic E-state index is -0.829. The Balaban J connectivity index is -0.0000000298. The normalized spacial score (nSPS) is 6.84. The van der Waals surface area contributed by atoms with Gasteiger partial charge in [-0.1, -0.05) is 57.6 Å². The van der Waals surface area contributed by atoms with Gasteiger partial charge in [0.05, 0.1) is 0 Å². The van der Waals surface area contributed by atoms with E-state index in [-0.39, 0.29) is 69.0 Å². The Bertz CT molecular complexity index is 478. The monoisotopic (exact) mass is 524 g/mol. The second kappa shape index (κ2) is 39.8. The summed E-state index contributed by atoms with van der Waals surface area (Å²) in [5.74, 6) is -0.829. The Hall–Kier alpha value is -0.616. The van der Waals surface area contributed by atoms with Crippen molar-refractivity contribution in [3.8, 4) is 0 Å². The van der Waals surface area contributed by atoms with E-state index >= 15 is 0 Å². The van der Waals surface area contributed by atoms with Crippen LogP contribution in [0.15, 0.2) is 33.4 Å². The molecule has 1 radical (unpaired) electrons. The van der Waals surface area contributed by atoms with E-state index in [9.17, 15) is 9.59 Å². The third kappa shape index (κ3) is 48.2. The molecule has 0 saturated carbocycles. The van der Waals surface area contributed by atoms with E-state index in [4.69, 9.17) is 15.3 Å². The van der Waals surface area contributed by atoms with Crippen LogP contribution in [0.4, 0.5) is 0 Å². The van der Waals surface area contributed by atoms with Gasteiger partial charge in [-0.3, -0.25) is 0 Å². The molecule has 0 aliphatic carbocycles. The molecule has 31 heavy (non-hydrogen) atoms. The Morgan fingerprint density at radius 3 is 1.13 bits per heavy atom. The summed E-state index contributed by atoms with van der Waals surface area (Å²) >= 11 is 0. The molecule has 0 heterocycles. The summed E-state index contributed by atoms with van der Waals surface area (Å²) in [6, 6.07) is 0. The molecule has 0 atom stereocenters. The predicted octanol–water partition coefficient (Wildman–Crippen LogP) is 7.78. The number of allylic oxidation sites excluding steroid dienone is 4. The van der Waals surface area contributed by atoms with Gasteiger partial charge in [-0.15, -0.1) is 0 Å². The van der Waals surface area contributed by atoms with E-state index in [1.807, 2.05) is 27.7 Å². The van der Waals surface area contributed by atoms with Crippen LogP contribution in [0, 0.1) is 7.11 Å². The first-order valence-electron chi connectivity index (χ1n) is 8.41. The number of hydrogen-bond acceptors (Lipinski definition) is 4. The number of aldehydes is 1. The Kier molecular flexibility index (Phi) is 73.7. The Labute approximate surface area is 221 Å². The molecule has 5 nitrogen and oxygen atoms in total. The minimum absolute atomic E-state index is 0. The number of aliphatic carboxylic acids is 1. The zero-order valence-electron chi connectivity index (χ0n) is 18.6. The molecule has 0 unspecified atom stereocenters. The predicted molar refractivity (Wildman–Crippen MR) is 136 cm³/mol. The van der Waals surface area contributed by atoms with Crippen LogP contribution in [0.2, 0.25) is 0 Å². The zero-order chi connectivity index (χ0) is 21.9. The van der Waals surface area contributed by atoms with Gasteiger partial charge < -0.3 is 20.1 Å². The number of carboxylic acid groups (broad SMARTS) is 1. The molecule has 6 heteroatoms. The molecule has 3 N–H and O–H groups in total. The van der Waals surface area contributed by atoms with Gasteiger partial charge >= 0.3 is 5.97 Å². The van der Waals surface area contributed by atoms with Crippen LogP contribution in [0.1, 0.15) is 105 Å². The summed E-state index contributed by atoms with van der Waals surface area (Å²) in [4.78, 5) is 20.0.